The fraction of sp³-hybridized carbons (Fsp3) is 0.528. The minimum Gasteiger partial charge on any atom is -0.449 e. The van der Waals surface area contributed by atoms with Crippen LogP contribution in [0.25, 0.3) is 5.00 Å². The molecule has 2 aromatic heterocycles. The van der Waals surface area contributed by atoms with Gasteiger partial charge in [0.25, 0.3) is 0 Å². The number of nitrogens with zero attached hydrogens (tertiary/aromatic N) is 4. The number of nitrogens with one attached hydrogen (secondary N) is 2. The Morgan fingerprint density at radius 3 is 2.31 bits per heavy atom. The third-order valence-electron chi connectivity index (χ3n) is 9.61. The second-order valence-corrected chi connectivity index (χ2v) is 14.5. The van der Waals surface area contributed by atoms with Crippen LogP contribution in [-0.2, 0) is 19.0 Å². The number of aromatic nitrogens is 3. The van der Waals surface area contributed by atoms with E-state index < -0.39 is 6.04 Å². The van der Waals surface area contributed by atoms with Crippen LogP contribution in [0.15, 0.2) is 41.4 Å². The summed E-state index contributed by atoms with van der Waals surface area (Å²) in [6, 6.07) is 7.09. The quantitative estimate of drug-likeness (QED) is 0.154. The molecule has 2 N–H and O–H groups in total. The molecule has 13 heteroatoms. The van der Waals surface area contributed by atoms with Crippen molar-refractivity contribution in [3.05, 3.63) is 74.7 Å². The third kappa shape index (κ3) is 8.60. The summed E-state index contributed by atoms with van der Waals surface area (Å²) in [7, 11) is 0. The molecule has 0 spiro atoms. The normalized spacial score (nSPS) is 21.6. The molecule has 1 aromatic carbocycles. The number of fused-ring (bicyclic) bond motifs is 4. The summed E-state index contributed by atoms with van der Waals surface area (Å²) in [5.41, 5.74) is 3.90. The fourth-order valence-corrected chi connectivity index (χ4v) is 8.19. The molecule has 6 rings (SSSR count). The van der Waals surface area contributed by atoms with Crippen LogP contribution in [0.5, 0.6) is 0 Å². The number of hydrogen-bond donors (Lipinski definition) is 2. The van der Waals surface area contributed by atoms with Crippen molar-refractivity contribution >= 4 is 40.6 Å². The summed E-state index contributed by atoms with van der Waals surface area (Å²) in [6.07, 6.45) is 8.92. The summed E-state index contributed by atoms with van der Waals surface area (Å²) in [5, 5.41) is 16.2. The van der Waals surface area contributed by atoms with Gasteiger partial charge in [-0.2, -0.15) is 0 Å². The highest BCUT2D eigenvalue weighted by Gasteiger charge is 2.49. The predicted octanol–water partition coefficient (Wildman–Crippen LogP) is 6.06. The zero-order valence-electron chi connectivity index (χ0n) is 28.4. The number of halogens is 1. The second-order valence-electron chi connectivity index (χ2n) is 12.8. The molecule has 1 aliphatic heterocycles. The largest absolute Gasteiger partial charge is 0.449 e. The van der Waals surface area contributed by atoms with Crippen molar-refractivity contribution in [2.45, 2.75) is 58.9 Å². The van der Waals surface area contributed by atoms with E-state index in [0.29, 0.717) is 74.7 Å². The molecule has 11 nitrogen and oxygen atoms in total. The van der Waals surface area contributed by atoms with Crippen LogP contribution in [0.4, 0.5) is 4.79 Å². The number of hydrogen-bond acceptors (Lipinski definition) is 9. The van der Waals surface area contributed by atoms with E-state index in [0.717, 1.165) is 46.1 Å². The lowest BCUT2D eigenvalue weighted by Crippen LogP contribution is -2.30. The van der Waals surface area contributed by atoms with Gasteiger partial charge in [0, 0.05) is 34.1 Å². The van der Waals surface area contributed by atoms with Crippen LogP contribution in [0.3, 0.4) is 0 Å². The van der Waals surface area contributed by atoms with E-state index in [1.165, 1.54) is 17.7 Å². The molecule has 3 aliphatic rings. The van der Waals surface area contributed by atoms with Gasteiger partial charge in [-0.3, -0.25) is 14.4 Å². The lowest BCUT2D eigenvalue weighted by Gasteiger charge is -2.13. The molecule has 0 bridgehead atoms. The number of aliphatic imine (C=N–C) groups is 1. The molecule has 1 saturated carbocycles. The van der Waals surface area contributed by atoms with Crippen LogP contribution in [0.2, 0.25) is 5.02 Å². The average molecular weight is 709 g/mol. The molecule has 49 heavy (non-hydrogen) atoms. The molecule has 1 fully saturated rings. The number of allylic oxidation sites excluding steroid dienone is 2. The molecular weight excluding hydrogens is 664 g/mol. The van der Waals surface area contributed by atoms with Gasteiger partial charge in [0.1, 0.15) is 16.9 Å². The Morgan fingerprint density at radius 1 is 0.939 bits per heavy atom. The van der Waals surface area contributed by atoms with Gasteiger partial charge >= 0.3 is 6.09 Å². The van der Waals surface area contributed by atoms with Gasteiger partial charge in [-0.15, -0.1) is 21.5 Å². The Kier molecular flexibility index (Phi) is 11.8. The monoisotopic (exact) mass is 708 g/mol. The maximum absolute atomic E-state index is 13.1. The van der Waals surface area contributed by atoms with Crippen LogP contribution in [0, 0.1) is 38.5 Å². The Labute approximate surface area is 296 Å². The number of benzene rings is 1. The van der Waals surface area contributed by atoms with Gasteiger partial charge in [-0.25, -0.2) is 4.79 Å². The Morgan fingerprint density at radius 2 is 1.61 bits per heavy atom. The summed E-state index contributed by atoms with van der Waals surface area (Å²) in [4.78, 5) is 31.5. The van der Waals surface area contributed by atoms with E-state index in [2.05, 4.69) is 46.8 Å². The number of carbonyl (C=O) groups excluding carboxylic acids is 2. The second kappa shape index (κ2) is 16.4. The number of carbonyl (C=O) groups is 2. The highest BCUT2D eigenvalue weighted by molar-refractivity contribution is 7.15. The number of rotatable bonds is 14. The van der Waals surface area contributed by atoms with E-state index in [4.69, 9.17) is 30.8 Å². The van der Waals surface area contributed by atoms with Gasteiger partial charge in [0.15, 0.2) is 5.82 Å². The van der Waals surface area contributed by atoms with E-state index in [1.807, 2.05) is 35.8 Å². The highest BCUT2D eigenvalue weighted by atomic mass is 35.5. The first-order valence-electron chi connectivity index (χ1n) is 17.2. The minimum absolute atomic E-state index is 0.111. The zero-order chi connectivity index (χ0) is 34.3. The van der Waals surface area contributed by atoms with Crippen molar-refractivity contribution in [3.8, 4) is 5.00 Å². The van der Waals surface area contributed by atoms with Crippen molar-refractivity contribution < 1.29 is 23.8 Å². The number of aryl methyl sites for hydroxylation is 2. The van der Waals surface area contributed by atoms with Crippen molar-refractivity contribution in [2.75, 3.05) is 46.1 Å². The van der Waals surface area contributed by atoms with Crippen molar-refractivity contribution in [3.63, 3.8) is 0 Å². The smallest absolute Gasteiger partial charge is 0.407 e. The first-order chi connectivity index (χ1) is 23.8. The molecule has 262 valence electrons. The molecular formula is C36H45ClN6O5S. The van der Waals surface area contributed by atoms with E-state index in [1.54, 1.807) is 11.3 Å². The molecule has 3 atom stereocenters. The number of alkyl carbamates (subject to hydrolysis) is 1. The number of thiophene rings is 1. The molecule has 3 aromatic rings. The summed E-state index contributed by atoms with van der Waals surface area (Å²) < 4.78 is 18.7. The van der Waals surface area contributed by atoms with Crippen molar-refractivity contribution in [2.24, 2.45) is 22.7 Å². The van der Waals surface area contributed by atoms with E-state index >= 15 is 0 Å². The summed E-state index contributed by atoms with van der Waals surface area (Å²) in [5.74, 6) is 3.15. The maximum atomic E-state index is 13.1. The Balaban J connectivity index is 0.903. The molecule has 2 amide bonds. The SMILES string of the molecule is Cc1sc2c(c1C)C(c1ccc(Cl)cc1)=N[C@H](CC(=O)NCCOCCOCCNC(=O)OCC1C3CC/C=C/CCC31)c1nnc(C)n1-2. The van der Waals surface area contributed by atoms with Crippen LogP contribution < -0.4 is 10.6 Å². The first-order valence-corrected chi connectivity index (χ1v) is 18.4. The molecule has 2 unspecified atom stereocenters. The Bertz CT molecular complexity index is 1670. The zero-order valence-corrected chi connectivity index (χ0v) is 29.9. The van der Waals surface area contributed by atoms with Gasteiger partial charge in [0.2, 0.25) is 5.91 Å². The topological polar surface area (TPSA) is 129 Å². The van der Waals surface area contributed by atoms with Gasteiger partial charge in [-0.1, -0.05) is 35.9 Å². The van der Waals surface area contributed by atoms with Crippen LogP contribution in [0.1, 0.15) is 71.4 Å². The predicted molar refractivity (Wildman–Crippen MR) is 190 cm³/mol. The lowest BCUT2D eigenvalue weighted by molar-refractivity contribution is -0.121. The molecule has 3 heterocycles. The third-order valence-corrected chi connectivity index (χ3v) is 11.1. The lowest BCUT2D eigenvalue weighted by atomic mass is 9.99. The van der Waals surface area contributed by atoms with Gasteiger partial charge in [-0.05, 0) is 81.9 Å². The van der Waals surface area contributed by atoms with Gasteiger partial charge < -0.3 is 24.8 Å². The Hall–Kier alpha value is -3.58. The highest BCUT2D eigenvalue weighted by Crippen LogP contribution is 2.52. The van der Waals surface area contributed by atoms with Crippen molar-refractivity contribution in [1.82, 2.24) is 25.4 Å². The maximum Gasteiger partial charge on any atom is 0.407 e. The van der Waals surface area contributed by atoms with Crippen LogP contribution in [-0.4, -0.2) is 78.6 Å². The van der Waals surface area contributed by atoms with Crippen LogP contribution >= 0.6 is 22.9 Å². The number of ether oxygens (including phenoxy) is 3. The first kappa shape index (κ1) is 35.3. The van der Waals surface area contributed by atoms with E-state index in [-0.39, 0.29) is 18.4 Å². The average Bonchev–Trinajstić information content (AvgIpc) is 3.46. The number of amides is 2. The van der Waals surface area contributed by atoms with E-state index in [9.17, 15) is 9.59 Å². The van der Waals surface area contributed by atoms with Crippen molar-refractivity contribution in [1.29, 1.82) is 0 Å². The molecule has 2 aliphatic carbocycles. The fourth-order valence-electron chi connectivity index (χ4n) is 6.85. The summed E-state index contributed by atoms with van der Waals surface area (Å²) >= 11 is 7.88. The van der Waals surface area contributed by atoms with Gasteiger partial charge in [0.05, 0.1) is 45.2 Å². The summed E-state index contributed by atoms with van der Waals surface area (Å²) in [6.45, 7) is 8.81. The standard InChI is InChI=1S/C36H45ClN6O5S/c1-22-23(2)49-35-32(22)33(25-10-12-26(37)13-11-25)40-30(34-42-41-24(3)43(34)35)20-31(44)38-14-16-46-18-19-47-17-15-39-36(45)48-21-29-27-8-6-4-5-7-9-28(27)29/h4-5,10-13,27-30H,6-9,14-21H2,1-3H3,(H,38,44)(H,39,45)/b5-4+/t27?,28?,29?,30-/m1/s1. The molecule has 0 saturated heterocycles. The minimum atomic E-state index is -0.531. The molecule has 0 radical (unpaired) electrons.